The second-order valence-electron chi connectivity index (χ2n) is 9.68. The first-order valence-electron chi connectivity index (χ1n) is 13.3. The predicted octanol–water partition coefficient (Wildman–Crippen LogP) is 5.53. The van der Waals surface area contributed by atoms with Gasteiger partial charge < -0.3 is 15.0 Å². The summed E-state index contributed by atoms with van der Waals surface area (Å²) in [6, 6.07) is 16.7. The zero-order valence-electron chi connectivity index (χ0n) is 21.0. The van der Waals surface area contributed by atoms with E-state index in [0.29, 0.717) is 42.5 Å². The number of nitrogens with zero attached hydrogens (tertiary/aromatic N) is 2. The fourth-order valence-electron chi connectivity index (χ4n) is 5.14. The monoisotopic (exact) mass is 477 g/mol. The molecule has 6 heteroatoms. The number of unbranched alkanes of at least 4 members (excludes halogenated alkanes) is 2. The molecule has 1 saturated heterocycles. The van der Waals surface area contributed by atoms with Crippen molar-refractivity contribution in [1.82, 2.24) is 4.90 Å². The van der Waals surface area contributed by atoms with Crippen LogP contribution in [0.1, 0.15) is 68.6 Å². The van der Waals surface area contributed by atoms with Gasteiger partial charge in [0.1, 0.15) is 5.75 Å². The highest BCUT2D eigenvalue weighted by molar-refractivity contribution is 5.99. The Morgan fingerprint density at radius 1 is 1.00 bits per heavy atom. The number of Topliss-reactive ketones (excluding diaryl/α,β-unsaturated/α-hetero) is 1. The molecule has 188 valence electrons. The first-order chi connectivity index (χ1) is 17.1. The van der Waals surface area contributed by atoms with E-state index in [0.717, 1.165) is 45.4 Å². The van der Waals surface area contributed by atoms with Gasteiger partial charge >= 0.3 is 0 Å². The van der Waals surface area contributed by atoms with E-state index in [9.17, 15) is 9.59 Å². The Labute approximate surface area is 209 Å². The number of carbonyl (C=O) groups is 2. The van der Waals surface area contributed by atoms with Gasteiger partial charge in [0.05, 0.1) is 18.7 Å². The van der Waals surface area contributed by atoms with E-state index in [-0.39, 0.29) is 11.7 Å². The van der Waals surface area contributed by atoms with Gasteiger partial charge in [-0.3, -0.25) is 14.5 Å². The summed E-state index contributed by atoms with van der Waals surface area (Å²) in [5, 5.41) is 2.84. The third-order valence-corrected chi connectivity index (χ3v) is 7.20. The SMILES string of the molecule is CCCCC(CCCCC(=O)c1ccc2c(c1)NC(=O)CCO2)N1CCN(c2ccccc2)CC1. The van der Waals surface area contributed by atoms with Gasteiger partial charge in [0, 0.05) is 49.9 Å². The number of fused-ring (bicyclic) bond motifs is 1. The molecule has 35 heavy (non-hydrogen) atoms. The van der Waals surface area contributed by atoms with E-state index in [1.54, 1.807) is 12.1 Å². The van der Waals surface area contributed by atoms with Crippen LogP contribution in [0.25, 0.3) is 0 Å². The fourth-order valence-corrected chi connectivity index (χ4v) is 5.14. The third-order valence-electron chi connectivity index (χ3n) is 7.20. The number of anilines is 2. The average molecular weight is 478 g/mol. The average Bonchev–Trinajstić information content (AvgIpc) is 3.08. The molecule has 1 amide bonds. The second-order valence-corrected chi connectivity index (χ2v) is 9.68. The van der Waals surface area contributed by atoms with Crippen molar-refractivity contribution in [2.45, 2.75) is 64.3 Å². The maximum atomic E-state index is 12.8. The maximum absolute atomic E-state index is 12.8. The molecule has 0 spiro atoms. The number of piperazine rings is 1. The van der Waals surface area contributed by atoms with Crippen molar-refractivity contribution >= 4 is 23.1 Å². The van der Waals surface area contributed by atoms with Gasteiger partial charge in [-0.25, -0.2) is 0 Å². The molecule has 0 aromatic heterocycles. The Hall–Kier alpha value is -2.86. The summed E-state index contributed by atoms with van der Waals surface area (Å²) in [6.07, 6.45) is 7.68. The van der Waals surface area contributed by atoms with E-state index in [2.05, 4.69) is 52.4 Å². The summed E-state index contributed by atoms with van der Waals surface area (Å²) in [7, 11) is 0. The molecule has 0 saturated carbocycles. The number of benzene rings is 2. The summed E-state index contributed by atoms with van der Waals surface area (Å²) in [4.78, 5) is 29.8. The maximum Gasteiger partial charge on any atom is 0.227 e. The van der Waals surface area contributed by atoms with Gasteiger partial charge in [-0.1, -0.05) is 44.4 Å². The van der Waals surface area contributed by atoms with E-state index in [4.69, 9.17) is 4.74 Å². The first kappa shape index (κ1) is 25.2. The largest absolute Gasteiger partial charge is 0.491 e. The molecule has 2 aromatic rings. The van der Waals surface area contributed by atoms with Crippen LogP contribution in [0.5, 0.6) is 5.75 Å². The number of hydrogen-bond donors (Lipinski definition) is 1. The molecule has 2 aromatic carbocycles. The smallest absolute Gasteiger partial charge is 0.227 e. The van der Waals surface area contributed by atoms with Crippen LogP contribution in [-0.2, 0) is 4.79 Å². The number of hydrogen-bond acceptors (Lipinski definition) is 5. The highest BCUT2D eigenvalue weighted by Crippen LogP contribution is 2.29. The third kappa shape index (κ3) is 7.07. The molecule has 2 heterocycles. The van der Waals surface area contributed by atoms with Crippen molar-refractivity contribution in [2.24, 2.45) is 0 Å². The zero-order valence-corrected chi connectivity index (χ0v) is 21.0. The predicted molar refractivity (Wildman–Crippen MR) is 142 cm³/mol. The number of ether oxygens (including phenoxy) is 1. The van der Waals surface area contributed by atoms with Crippen LogP contribution in [0.3, 0.4) is 0 Å². The quantitative estimate of drug-likeness (QED) is 0.340. The molecular formula is C29H39N3O3. The minimum absolute atomic E-state index is 0.0731. The number of ketones is 1. The molecule has 1 unspecified atom stereocenters. The minimum Gasteiger partial charge on any atom is -0.491 e. The number of amides is 1. The Morgan fingerprint density at radius 3 is 2.54 bits per heavy atom. The lowest BCUT2D eigenvalue weighted by Crippen LogP contribution is -2.50. The van der Waals surface area contributed by atoms with Crippen LogP contribution in [0, 0.1) is 0 Å². The first-order valence-corrected chi connectivity index (χ1v) is 13.3. The van der Waals surface area contributed by atoms with E-state index < -0.39 is 0 Å². The van der Waals surface area contributed by atoms with Crippen LogP contribution in [-0.4, -0.2) is 55.4 Å². The summed E-state index contributed by atoms with van der Waals surface area (Å²) < 4.78 is 5.60. The second kappa shape index (κ2) is 12.7. The number of rotatable bonds is 11. The Kier molecular flexibility index (Phi) is 9.18. The van der Waals surface area contributed by atoms with Gasteiger partial charge in [0.15, 0.2) is 5.78 Å². The van der Waals surface area contributed by atoms with E-state index in [1.807, 2.05) is 6.07 Å². The van der Waals surface area contributed by atoms with Crippen LogP contribution in [0.2, 0.25) is 0 Å². The lowest BCUT2D eigenvalue weighted by atomic mass is 9.98. The van der Waals surface area contributed by atoms with Crippen LogP contribution in [0.15, 0.2) is 48.5 Å². The minimum atomic E-state index is -0.0731. The van der Waals surface area contributed by atoms with Gasteiger partial charge in [0.2, 0.25) is 5.91 Å². The van der Waals surface area contributed by atoms with Crippen molar-refractivity contribution in [2.75, 3.05) is 43.0 Å². The zero-order chi connectivity index (χ0) is 24.5. The molecule has 6 nitrogen and oxygen atoms in total. The Bertz CT molecular complexity index is 970. The Balaban J connectivity index is 1.25. The summed E-state index contributed by atoms with van der Waals surface area (Å²) in [5.74, 6) is 0.697. The molecule has 0 aliphatic carbocycles. The topological polar surface area (TPSA) is 61.9 Å². The standard InChI is InChI=1S/C29H39N3O3/c1-2-3-9-24(31-17-19-32(20-18-31)25-10-5-4-6-11-25)12-7-8-13-27(33)23-14-15-28-26(22-23)30-29(34)16-21-35-28/h4-6,10-11,14-15,22,24H,2-3,7-9,12-13,16-21H2,1H3,(H,30,34). The molecule has 1 N–H and O–H groups in total. The molecule has 0 bridgehead atoms. The molecule has 2 aliphatic rings. The lowest BCUT2D eigenvalue weighted by Gasteiger charge is -2.40. The molecule has 4 rings (SSSR count). The molecule has 1 fully saturated rings. The van der Waals surface area contributed by atoms with Crippen LogP contribution >= 0.6 is 0 Å². The van der Waals surface area contributed by atoms with Gasteiger partial charge in [0.25, 0.3) is 0 Å². The van der Waals surface area contributed by atoms with Crippen LogP contribution < -0.4 is 15.0 Å². The highest BCUT2D eigenvalue weighted by Gasteiger charge is 2.23. The highest BCUT2D eigenvalue weighted by atomic mass is 16.5. The van der Waals surface area contributed by atoms with Crippen molar-refractivity contribution in [3.63, 3.8) is 0 Å². The van der Waals surface area contributed by atoms with Crippen LogP contribution in [0.4, 0.5) is 11.4 Å². The van der Waals surface area contributed by atoms with Gasteiger partial charge in [-0.2, -0.15) is 0 Å². The molecule has 2 aliphatic heterocycles. The molecule has 1 atom stereocenters. The number of carbonyl (C=O) groups excluding carboxylic acids is 2. The fraction of sp³-hybridized carbons (Fsp3) is 0.517. The Morgan fingerprint density at radius 2 is 1.77 bits per heavy atom. The lowest BCUT2D eigenvalue weighted by molar-refractivity contribution is -0.116. The molecular weight excluding hydrogens is 438 g/mol. The van der Waals surface area contributed by atoms with Gasteiger partial charge in [-0.05, 0) is 49.6 Å². The molecule has 0 radical (unpaired) electrons. The van der Waals surface area contributed by atoms with E-state index >= 15 is 0 Å². The number of para-hydroxylation sites is 1. The normalized spacial score (nSPS) is 17.2. The van der Waals surface area contributed by atoms with Gasteiger partial charge in [-0.15, -0.1) is 0 Å². The van der Waals surface area contributed by atoms with Crippen molar-refractivity contribution in [3.8, 4) is 5.75 Å². The van der Waals surface area contributed by atoms with Crippen molar-refractivity contribution in [3.05, 3.63) is 54.1 Å². The summed E-state index contributed by atoms with van der Waals surface area (Å²) >= 11 is 0. The number of nitrogens with one attached hydrogen (secondary N) is 1. The summed E-state index contributed by atoms with van der Waals surface area (Å²) in [5.41, 5.74) is 2.57. The van der Waals surface area contributed by atoms with Crippen molar-refractivity contribution < 1.29 is 14.3 Å². The summed E-state index contributed by atoms with van der Waals surface area (Å²) in [6.45, 7) is 6.98. The van der Waals surface area contributed by atoms with E-state index in [1.165, 1.54) is 24.9 Å². The van der Waals surface area contributed by atoms with Crippen molar-refractivity contribution in [1.29, 1.82) is 0 Å².